The maximum Gasteiger partial charge on any atom is 0.131 e. The maximum absolute atomic E-state index is 6.12. The molecule has 0 saturated carbocycles. The maximum atomic E-state index is 6.12. The van der Waals surface area contributed by atoms with Crippen molar-refractivity contribution in [2.24, 2.45) is 0 Å². The molecule has 0 heterocycles. The Balaban J connectivity index is 2.21. The Kier molecular flexibility index (Phi) is 5.40. The molecule has 2 heteroatoms. The Labute approximate surface area is 128 Å². The number of hydrogen-bond acceptors (Lipinski definition) is 2. The van der Waals surface area contributed by atoms with Gasteiger partial charge in [-0.2, -0.15) is 0 Å². The molecule has 0 atom stereocenters. The van der Waals surface area contributed by atoms with Gasteiger partial charge in [-0.25, -0.2) is 0 Å². The van der Waals surface area contributed by atoms with Crippen LogP contribution in [0.15, 0.2) is 36.4 Å². The minimum absolute atomic E-state index is 0.843. The van der Waals surface area contributed by atoms with Crippen LogP contribution in [0, 0.1) is 20.8 Å². The number of aryl methyl sites for hydroxylation is 3. The molecule has 0 amide bonds. The van der Waals surface area contributed by atoms with E-state index in [0.717, 1.165) is 31.0 Å². The summed E-state index contributed by atoms with van der Waals surface area (Å²) in [5.74, 6) is 1.85. The third kappa shape index (κ3) is 4.61. The topological polar surface area (TPSA) is 21.3 Å². The Hall–Kier alpha value is -1.80. The summed E-state index contributed by atoms with van der Waals surface area (Å²) in [6.07, 6.45) is 1.14. The van der Waals surface area contributed by atoms with Gasteiger partial charge in [0.2, 0.25) is 0 Å². The Morgan fingerprint density at radius 2 is 1.62 bits per heavy atom. The molecule has 0 aromatic heterocycles. The smallest absolute Gasteiger partial charge is 0.131 e. The van der Waals surface area contributed by atoms with Crippen molar-refractivity contribution in [3.63, 3.8) is 0 Å². The van der Waals surface area contributed by atoms with Crippen LogP contribution in [-0.4, -0.2) is 6.54 Å². The quantitative estimate of drug-likeness (QED) is 0.761. The summed E-state index contributed by atoms with van der Waals surface area (Å²) in [4.78, 5) is 0. The second-order valence-corrected chi connectivity index (χ2v) is 5.71. The van der Waals surface area contributed by atoms with Crippen LogP contribution in [0.3, 0.4) is 0 Å². The fraction of sp³-hybridized carbons (Fsp3) is 0.368. The number of benzene rings is 2. The summed E-state index contributed by atoms with van der Waals surface area (Å²) in [5.41, 5.74) is 4.92. The van der Waals surface area contributed by atoms with Crippen molar-refractivity contribution in [3.05, 3.63) is 58.7 Å². The first kappa shape index (κ1) is 15.6. The van der Waals surface area contributed by atoms with E-state index in [-0.39, 0.29) is 0 Å². The van der Waals surface area contributed by atoms with Crippen LogP contribution < -0.4 is 10.1 Å². The zero-order chi connectivity index (χ0) is 15.2. The molecule has 112 valence electrons. The number of ether oxygens (including phenoxy) is 1. The van der Waals surface area contributed by atoms with E-state index in [4.69, 9.17) is 4.74 Å². The van der Waals surface area contributed by atoms with Gasteiger partial charge >= 0.3 is 0 Å². The fourth-order valence-electron chi connectivity index (χ4n) is 2.46. The SMILES string of the molecule is CCCNCc1cc(C)ccc1Oc1cc(C)cc(C)c1. The molecule has 2 aromatic carbocycles. The summed E-state index contributed by atoms with van der Waals surface area (Å²) in [7, 11) is 0. The molecule has 0 aliphatic heterocycles. The second-order valence-electron chi connectivity index (χ2n) is 5.71. The van der Waals surface area contributed by atoms with E-state index in [2.05, 4.69) is 69.4 Å². The van der Waals surface area contributed by atoms with Crippen LogP contribution in [0.25, 0.3) is 0 Å². The van der Waals surface area contributed by atoms with Gasteiger partial charge < -0.3 is 10.1 Å². The molecule has 0 unspecified atom stereocenters. The molecule has 2 nitrogen and oxygen atoms in total. The largest absolute Gasteiger partial charge is 0.457 e. The summed E-state index contributed by atoms with van der Waals surface area (Å²) >= 11 is 0. The van der Waals surface area contributed by atoms with E-state index < -0.39 is 0 Å². The van der Waals surface area contributed by atoms with Crippen molar-refractivity contribution in [1.82, 2.24) is 5.32 Å². The number of hydrogen-bond donors (Lipinski definition) is 1. The van der Waals surface area contributed by atoms with Gasteiger partial charge in [-0.3, -0.25) is 0 Å². The van der Waals surface area contributed by atoms with Gasteiger partial charge in [-0.1, -0.05) is 30.7 Å². The van der Waals surface area contributed by atoms with Gasteiger partial charge in [0, 0.05) is 12.1 Å². The van der Waals surface area contributed by atoms with E-state index >= 15 is 0 Å². The first-order valence-electron chi connectivity index (χ1n) is 7.65. The first-order chi connectivity index (χ1) is 10.1. The zero-order valence-electron chi connectivity index (χ0n) is 13.5. The van der Waals surface area contributed by atoms with Crippen molar-refractivity contribution in [3.8, 4) is 11.5 Å². The van der Waals surface area contributed by atoms with Crippen LogP contribution in [0.4, 0.5) is 0 Å². The molecule has 0 aliphatic carbocycles. The first-order valence-corrected chi connectivity index (χ1v) is 7.65. The molecule has 21 heavy (non-hydrogen) atoms. The van der Waals surface area contributed by atoms with Crippen LogP contribution >= 0.6 is 0 Å². The van der Waals surface area contributed by atoms with E-state index in [9.17, 15) is 0 Å². The molecule has 0 aliphatic rings. The molecule has 0 bridgehead atoms. The molecular weight excluding hydrogens is 258 g/mol. The Bertz CT molecular complexity index is 584. The van der Waals surface area contributed by atoms with Gasteiger partial charge in [0.15, 0.2) is 0 Å². The fourth-order valence-corrected chi connectivity index (χ4v) is 2.46. The molecule has 1 N–H and O–H groups in total. The lowest BCUT2D eigenvalue weighted by atomic mass is 10.1. The van der Waals surface area contributed by atoms with Crippen molar-refractivity contribution >= 4 is 0 Å². The molecule has 2 rings (SSSR count). The van der Waals surface area contributed by atoms with E-state index in [0.29, 0.717) is 0 Å². The van der Waals surface area contributed by atoms with Crippen LogP contribution in [-0.2, 0) is 6.54 Å². The average molecular weight is 283 g/mol. The lowest BCUT2D eigenvalue weighted by Gasteiger charge is -2.13. The van der Waals surface area contributed by atoms with Gasteiger partial charge in [0.25, 0.3) is 0 Å². The molecule has 2 aromatic rings. The molecule has 0 saturated heterocycles. The van der Waals surface area contributed by atoms with Gasteiger partial charge in [0.05, 0.1) is 0 Å². The Morgan fingerprint density at radius 1 is 0.905 bits per heavy atom. The van der Waals surface area contributed by atoms with Gasteiger partial charge in [-0.15, -0.1) is 0 Å². The van der Waals surface area contributed by atoms with Crippen molar-refractivity contribution < 1.29 is 4.74 Å². The molecular formula is C19H25NO. The summed E-state index contributed by atoms with van der Waals surface area (Å²) in [6.45, 7) is 10.4. The monoisotopic (exact) mass is 283 g/mol. The van der Waals surface area contributed by atoms with E-state index in [1.807, 2.05) is 0 Å². The van der Waals surface area contributed by atoms with Crippen LogP contribution in [0.5, 0.6) is 11.5 Å². The van der Waals surface area contributed by atoms with Crippen molar-refractivity contribution in [2.45, 2.75) is 40.7 Å². The molecule has 0 radical (unpaired) electrons. The Morgan fingerprint density at radius 3 is 2.29 bits per heavy atom. The normalized spacial score (nSPS) is 10.7. The van der Waals surface area contributed by atoms with Gasteiger partial charge in [0.1, 0.15) is 11.5 Å². The highest BCUT2D eigenvalue weighted by molar-refractivity contribution is 5.42. The molecule has 0 spiro atoms. The minimum atomic E-state index is 0.843. The summed E-state index contributed by atoms with van der Waals surface area (Å²) < 4.78 is 6.12. The standard InChI is InChI=1S/C19H25NO/c1-5-8-20-13-17-10-14(2)6-7-19(17)21-18-11-15(3)9-16(4)12-18/h6-7,9-12,20H,5,8,13H2,1-4H3. The van der Waals surface area contributed by atoms with E-state index in [1.54, 1.807) is 0 Å². The number of rotatable bonds is 6. The third-order valence-electron chi connectivity index (χ3n) is 3.38. The predicted molar refractivity (Wildman–Crippen MR) is 89.2 cm³/mol. The minimum Gasteiger partial charge on any atom is -0.457 e. The van der Waals surface area contributed by atoms with Crippen molar-refractivity contribution in [2.75, 3.05) is 6.54 Å². The van der Waals surface area contributed by atoms with Crippen LogP contribution in [0.2, 0.25) is 0 Å². The lowest BCUT2D eigenvalue weighted by molar-refractivity contribution is 0.471. The highest BCUT2D eigenvalue weighted by Crippen LogP contribution is 2.27. The number of nitrogens with one attached hydrogen (secondary N) is 1. The average Bonchev–Trinajstić information content (AvgIpc) is 2.41. The van der Waals surface area contributed by atoms with Crippen LogP contribution in [0.1, 0.15) is 35.6 Å². The lowest BCUT2D eigenvalue weighted by Crippen LogP contribution is -2.14. The second kappa shape index (κ2) is 7.28. The predicted octanol–water partition coefficient (Wildman–Crippen LogP) is 4.90. The van der Waals surface area contributed by atoms with Gasteiger partial charge in [-0.05, 0) is 63.1 Å². The van der Waals surface area contributed by atoms with E-state index in [1.165, 1.54) is 22.3 Å². The highest BCUT2D eigenvalue weighted by atomic mass is 16.5. The molecule has 0 fully saturated rings. The zero-order valence-corrected chi connectivity index (χ0v) is 13.5. The summed E-state index contributed by atoms with van der Waals surface area (Å²) in [5, 5.41) is 3.45. The third-order valence-corrected chi connectivity index (χ3v) is 3.38. The van der Waals surface area contributed by atoms with Crippen molar-refractivity contribution in [1.29, 1.82) is 0 Å². The summed E-state index contributed by atoms with van der Waals surface area (Å²) in [6, 6.07) is 12.7. The highest BCUT2D eigenvalue weighted by Gasteiger charge is 2.06.